The maximum absolute atomic E-state index is 11.5. The number of amides is 1. The van der Waals surface area contributed by atoms with Gasteiger partial charge >= 0.3 is 0 Å². The van der Waals surface area contributed by atoms with E-state index < -0.39 is 0 Å². The van der Waals surface area contributed by atoms with Crippen LogP contribution in [-0.4, -0.2) is 5.91 Å². The number of rotatable bonds is 6. The second kappa shape index (κ2) is 7.41. The number of nitrogens with one attached hydrogen (secondary N) is 1. The van der Waals surface area contributed by atoms with Crippen molar-refractivity contribution in [1.29, 1.82) is 0 Å². The summed E-state index contributed by atoms with van der Waals surface area (Å²) in [5.41, 5.74) is 4.43. The van der Waals surface area contributed by atoms with E-state index in [4.69, 9.17) is 0 Å². The van der Waals surface area contributed by atoms with E-state index in [9.17, 15) is 4.79 Å². The van der Waals surface area contributed by atoms with Gasteiger partial charge in [0.1, 0.15) is 0 Å². The van der Waals surface area contributed by atoms with Crippen molar-refractivity contribution in [3.8, 4) is 0 Å². The van der Waals surface area contributed by atoms with Gasteiger partial charge in [-0.1, -0.05) is 73.8 Å². The Kier molecular flexibility index (Phi) is 5.31. The monoisotopic (exact) mass is 291 g/mol. The molecule has 0 fully saturated rings. The Bertz CT molecular complexity index is 653. The molecule has 0 bridgehead atoms. The van der Waals surface area contributed by atoms with Crippen LogP contribution in [0.3, 0.4) is 0 Å². The first-order chi connectivity index (χ1) is 10.6. The van der Waals surface area contributed by atoms with Crippen LogP contribution in [0.5, 0.6) is 0 Å². The number of hydrogen-bond donors (Lipinski definition) is 1. The third-order valence-electron chi connectivity index (χ3n) is 3.61. The summed E-state index contributed by atoms with van der Waals surface area (Å²) in [5, 5.41) is 3.03. The number of benzene rings is 2. The first-order valence-corrected chi connectivity index (χ1v) is 7.33. The molecule has 0 aliphatic rings. The number of carbonyl (C=O) groups excluding carboxylic acids is 1. The minimum absolute atomic E-state index is 0.0273. The molecule has 0 spiro atoms. The van der Waals surface area contributed by atoms with E-state index in [-0.39, 0.29) is 11.9 Å². The van der Waals surface area contributed by atoms with E-state index in [0.717, 1.165) is 23.1 Å². The standard InChI is InChI=1S/C20H21NO/c1-4-16-6-8-18(9-7-16)14-20(21-15(3)22)19-12-10-17(5-2)11-13-19/h4-13,20H,1-2,14H2,3H3,(H,21,22). The van der Waals surface area contributed by atoms with Crippen molar-refractivity contribution in [3.63, 3.8) is 0 Å². The van der Waals surface area contributed by atoms with Gasteiger partial charge in [-0.05, 0) is 28.7 Å². The van der Waals surface area contributed by atoms with Crippen LogP contribution in [0.2, 0.25) is 0 Å². The molecular weight excluding hydrogens is 270 g/mol. The lowest BCUT2D eigenvalue weighted by atomic mass is 9.97. The van der Waals surface area contributed by atoms with Crippen LogP contribution in [0.4, 0.5) is 0 Å². The molecule has 0 heterocycles. The predicted molar refractivity (Wildman–Crippen MR) is 93.3 cm³/mol. The summed E-state index contributed by atoms with van der Waals surface area (Å²) in [6.07, 6.45) is 4.39. The predicted octanol–water partition coefficient (Wildman–Crippen LogP) is 4.39. The zero-order valence-corrected chi connectivity index (χ0v) is 12.9. The normalized spacial score (nSPS) is 11.5. The van der Waals surface area contributed by atoms with Crippen molar-refractivity contribution >= 4 is 18.1 Å². The van der Waals surface area contributed by atoms with E-state index >= 15 is 0 Å². The molecule has 2 aromatic carbocycles. The third kappa shape index (κ3) is 4.19. The first-order valence-electron chi connectivity index (χ1n) is 7.33. The summed E-state index contributed by atoms with van der Waals surface area (Å²) in [4.78, 5) is 11.5. The fourth-order valence-electron chi connectivity index (χ4n) is 2.39. The zero-order chi connectivity index (χ0) is 15.9. The van der Waals surface area contributed by atoms with E-state index in [0.29, 0.717) is 0 Å². The lowest BCUT2D eigenvalue weighted by molar-refractivity contribution is -0.119. The van der Waals surface area contributed by atoms with Crippen molar-refractivity contribution in [2.24, 2.45) is 0 Å². The molecule has 2 aromatic rings. The van der Waals surface area contributed by atoms with E-state index in [1.54, 1.807) is 6.92 Å². The first kappa shape index (κ1) is 15.8. The number of hydrogen-bond acceptors (Lipinski definition) is 1. The lowest BCUT2D eigenvalue weighted by Crippen LogP contribution is -2.27. The largest absolute Gasteiger partial charge is 0.349 e. The Balaban J connectivity index is 2.22. The fraction of sp³-hybridized carbons (Fsp3) is 0.150. The van der Waals surface area contributed by atoms with Gasteiger partial charge in [-0.3, -0.25) is 4.79 Å². The molecule has 2 rings (SSSR count). The van der Waals surface area contributed by atoms with Crippen LogP contribution in [0.25, 0.3) is 12.2 Å². The van der Waals surface area contributed by atoms with Crippen LogP contribution >= 0.6 is 0 Å². The second-order valence-electron chi connectivity index (χ2n) is 5.27. The van der Waals surface area contributed by atoms with Crippen LogP contribution in [0, 0.1) is 0 Å². The Labute approximate surface area is 132 Å². The molecule has 0 saturated heterocycles. The highest BCUT2D eigenvalue weighted by Gasteiger charge is 2.13. The van der Waals surface area contributed by atoms with Crippen molar-refractivity contribution in [2.75, 3.05) is 0 Å². The third-order valence-corrected chi connectivity index (χ3v) is 3.61. The van der Waals surface area contributed by atoms with Crippen molar-refractivity contribution in [1.82, 2.24) is 5.32 Å². The molecule has 0 aromatic heterocycles. The molecule has 2 heteroatoms. The summed E-state index contributed by atoms with van der Waals surface area (Å²) in [6.45, 7) is 9.07. The molecule has 0 aliphatic carbocycles. The fourth-order valence-corrected chi connectivity index (χ4v) is 2.39. The van der Waals surface area contributed by atoms with Crippen LogP contribution < -0.4 is 5.32 Å². The van der Waals surface area contributed by atoms with Gasteiger partial charge < -0.3 is 5.32 Å². The Morgan fingerprint density at radius 3 is 1.95 bits per heavy atom. The molecule has 0 radical (unpaired) electrons. The molecule has 22 heavy (non-hydrogen) atoms. The highest BCUT2D eigenvalue weighted by atomic mass is 16.1. The summed E-state index contributed by atoms with van der Waals surface area (Å²) in [5.74, 6) is -0.0273. The van der Waals surface area contributed by atoms with Gasteiger partial charge in [0.25, 0.3) is 0 Å². The van der Waals surface area contributed by atoms with Crippen molar-refractivity contribution < 1.29 is 4.79 Å². The van der Waals surface area contributed by atoms with Crippen LogP contribution in [0.15, 0.2) is 61.7 Å². The molecule has 1 unspecified atom stereocenters. The smallest absolute Gasteiger partial charge is 0.217 e. The van der Waals surface area contributed by atoms with Crippen LogP contribution in [0.1, 0.15) is 35.2 Å². The molecule has 1 N–H and O–H groups in total. The highest BCUT2D eigenvalue weighted by Crippen LogP contribution is 2.20. The Morgan fingerprint density at radius 2 is 1.50 bits per heavy atom. The molecule has 0 saturated carbocycles. The minimum atomic E-state index is -0.0362. The molecule has 0 aliphatic heterocycles. The summed E-state index contributed by atoms with van der Waals surface area (Å²) < 4.78 is 0. The van der Waals surface area contributed by atoms with E-state index in [2.05, 4.69) is 30.6 Å². The maximum atomic E-state index is 11.5. The van der Waals surface area contributed by atoms with Gasteiger partial charge in [0.15, 0.2) is 0 Å². The van der Waals surface area contributed by atoms with Gasteiger partial charge in [-0.25, -0.2) is 0 Å². The van der Waals surface area contributed by atoms with Gasteiger partial charge in [0, 0.05) is 6.92 Å². The van der Waals surface area contributed by atoms with E-state index in [1.165, 1.54) is 5.56 Å². The van der Waals surface area contributed by atoms with Crippen molar-refractivity contribution in [2.45, 2.75) is 19.4 Å². The maximum Gasteiger partial charge on any atom is 0.217 e. The lowest BCUT2D eigenvalue weighted by Gasteiger charge is -2.19. The van der Waals surface area contributed by atoms with Gasteiger partial charge in [-0.15, -0.1) is 0 Å². The SMILES string of the molecule is C=Cc1ccc(CC(NC(C)=O)c2ccc(C=C)cc2)cc1. The summed E-state index contributed by atoms with van der Waals surface area (Å²) >= 11 is 0. The van der Waals surface area contributed by atoms with Gasteiger partial charge in [0.05, 0.1) is 6.04 Å². The Hall–Kier alpha value is -2.61. The summed E-state index contributed by atoms with van der Waals surface area (Å²) in [6, 6.07) is 16.3. The second-order valence-corrected chi connectivity index (χ2v) is 5.27. The quantitative estimate of drug-likeness (QED) is 0.840. The average Bonchev–Trinajstić information content (AvgIpc) is 2.54. The van der Waals surface area contributed by atoms with Crippen LogP contribution in [-0.2, 0) is 11.2 Å². The minimum Gasteiger partial charge on any atom is -0.349 e. The van der Waals surface area contributed by atoms with Gasteiger partial charge in [0.2, 0.25) is 5.91 Å². The topological polar surface area (TPSA) is 29.1 Å². The van der Waals surface area contributed by atoms with Gasteiger partial charge in [-0.2, -0.15) is 0 Å². The summed E-state index contributed by atoms with van der Waals surface area (Å²) in [7, 11) is 0. The molecule has 2 nitrogen and oxygen atoms in total. The number of carbonyl (C=O) groups is 1. The molecular formula is C20H21NO. The Morgan fingerprint density at radius 1 is 1.00 bits per heavy atom. The molecule has 1 atom stereocenters. The molecule has 1 amide bonds. The van der Waals surface area contributed by atoms with E-state index in [1.807, 2.05) is 48.6 Å². The average molecular weight is 291 g/mol. The van der Waals surface area contributed by atoms with Crippen molar-refractivity contribution in [3.05, 3.63) is 83.9 Å². The zero-order valence-electron chi connectivity index (χ0n) is 12.9. The molecule has 112 valence electrons. The highest BCUT2D eigenvalue weighted by molar-refractivity contribution is 5.73.